The van der Waals surface area contributed by atoms with Crippen LogP contribution < -0.4 is 4.90 Å². The molecule has 1 aliphatic carbocycles. The van der Waals surface area contributed by atoms with Crippen LogP contribution in [0.15, 0.2) is 18.2 Å². The van der Waals surface area contributed by atoms with Gasteiger partial charge in [0.15, 0.2) is 0 Å². The SMILES string of the molecule is N#Cc1cccc(N2CCOC3CCCCC32)n1. The molecule has 0 bridgehead atoms. The van der Waals surface area contributed by atoms with Crippen molar-refractivity contribution < 1.29 is 4.74 Å². The fourth-order valence-corrected chi connectivity index (χ4v) is 3.03. The molecule has 4 heteroatoms. The summed E-state index contributed by atoms with van der Waals surface area (Å²) in [6.45, 7) is 1.64. The number of nitrogens with zero attached hydrogens (tertiary/aromatic N) is 3. The molecule has 2 aliphatic rings. The molecule has 2 heterocycles. The second-order valence-corrected chi connectivity index (χ2v) is 4.95. The predicted octanol–water partition coefficient (Wildman–Crippen LogP) is 2.10. The quantitative estimate of drug-likeness (QED) is 0.758. The van der Waals surface area contributed by atoms with Crippen molar-refractivity contribution >= 4 is 5.82 Å². The summed E-state index contributed by atoms with van der Waals surface area (Å²) in [5.74, 6) is 0.925. The number of hydrogen-bond donors (Lipinski definition) is 0. The van der Waals surface area contributed by atoms with Crippen molar-refractivity contribution in [2.75, 3.05) is 18.1 Å². The van der Waals surface area contributed by atoms with Gasteiger partial charge in [-0.3, -0.25) is 0 Å². The molecule has 4 nitrogen and oxygen atoms in total. The molecule has 0 N–H and O–H groups in total. The topological polar surface area (TPSA) is 49.2 Å². The fraction of sp³-hybridized carbons (Fsp3) is 0.571. The van der Waals surface area contributed by atoms with Crippen LogP contribution in [0, 0.1) is 11.3 Å². The number of nitriles is 1. The van der Waals surface area contributed by atoms with E-state index >= 15 is 0 Å². The van der Waals surface area contributed by atoms with Gasteiger partial charge >= 0.3 is 0 Å². The lowest BCUT2D eigenvalue weighted by Gasteiger charge is -2.44. The van der Waals surface area contributed by atoms with Crippen molar-refractivity contribution in [2.24, 2.45) is 0 Å². The van der Waals surface area contributed by atoms with Crippen molar-refractivity contribution in [3.63, 3.8) is 0 Å². The number of fused-ring (bicyclic) bond motifs is 1. The highest BCUT2D eigenvalue weighted by Gasteiger charge is 2.34. The van der Waals surface area contributed by atoms with Crippen LogP contribution in [0.1, 0.15) is 31.4 Å². The molecular formula is C14H17N3O. The second-order valence-electron chi connectivity index (χ2n) is 4.95. The highest BCUT2D eigenvalue weighted by atomic mass is 16.5. The van der Waals surface area contributed by atoms with Gasteiger partial charge in [0.2, 0.25) is 0 Å². The van der Waals surface area contributed by atoms with Gasteiger partial charge in [-0.05, 0) is 25.0 Å². The zero-order valence-corrected chi connectivity index (χ0v) is 10.4. The van der Waals surface area contributed by atoms with E-state index in [9.17, 15) is 0 Å². The first-order valence-corrected chi connectivity index (χ1v) is 6.64. The Bertz CT molecular complexity index is 466. The molecule has 0 spiro atoms. The molecule has 1 aromatic rings. The monoisotopic (exact) mass is 243 g/mol. The van der Waals surface area contributed by atoms with Crippen LogP contribution in [0.4, 0.5) is 5.82 Å². The second kappa shape index (κ2) is 4.95. The van der Waals surface area contributed by atoms with Gasteiger partial charge in [0.1, 0.15) is 17.6 Å². The standard InChI is InChI=1S/C14H17N3O/c15-10-11-4-3-7-14(16-11)17-8-9-18-13-6-2-1-5-12(13)17/h3-4,7,12-13H,1-2,5-6,8-9H2. The maximum atomic E-state index is 8.94. The summed E-state index contributed by atoms with van der Waals surface area (Å²) in [5.41, 5.74) is 0.492. The third-order valence-corrected chi connectivity index (χ3v) is 3.88. The summed E-state index contributed by atoms with van der Waals surface area (Å²) in [4.78, 5) is 6.74. The van der Waals surface area contributed by atoms with Crippen LogP contribution in [0.3, 0.4) is 0 Å². The van der Waals surface area contributed by atoms with E-state index < -0.39 is 0 Å². The Morgan fingerprint density at radius 3 is 3.11 bits per heavy atom. The molecule has 1 aliphatic heterocycles. The number of rotatable bonds is 1. The molecule has 2 fully saturated rings. The van der Waals surface area contributed by atoms with Gasteiger partial charge in [-0.15, -0.1) is 0 Å². The van der Waals surface area contributed by atoms with E-state index in [4.69, 9.17) is 10.00 Å². The van der Waals surface area contributed by atoms with Crippen molar-refractivity contribution in [1.82, 2.24) is 4.98 Å². The number of hydrogen-bond acceptors (Lipinski definition) is 4. The lowest BCUT2D eigenvalue weighted by Crippen LogP contribution is -2.53. The van der Waals surface area contributed by atoms with Gasteiger partial charge in [-0.2, -0.15) is 5.26 Å². The third-order valence-electron chi connectivity index (χ3n) is 3.88. The minimum Gasteiger partial charge on any atom is -0.374 e. The number of anilines is 1. The van der Waals surface area contributed by atoms with E-state index in [-0.39, 0.29) is 0 Å². The van der Waals surface area contributed by atoms with Crippen molar-refractivity contribution in [3.8, 4) is 6.07 Å². The smallest absolute Gasteiger partial charge is 0.142 e. The Morgan fingerprint density at radius 1 is 1.33 bits per heavy atom. The highest BCUT2D eigenvalue weighted by Crippen LogP contribution is 2.31. The Hall–Kier alpha value is -1.60. The number of morpholine rings is 1. The predicted molar refractivity (Wildman–Crippen MR) is 68.3 cm³/mol. The Kier molecular flexibility index (Phi) is 3.16. The minimum atomic E-state index is 0.347. The first-order chi connectivity index (χ1) is 8.88. The Labute approximate surface area is 107 Å². The molecule has 1 saturated heterocycles. The molecule has 3 rings (SSSR count). The maximum Gasteiger partial charge on any atom is 0.142 e. The molecule has 1 saturated carbocycles. The van der Waals surface area contributed by atoms with Crippen LogP contribution in [0.2, 0.25) is 0 Å². The lowest BCUT2D eigenvalue weighted by atomic mass is 9.90. The van der Waals surface area contributed by atoms with E-state index in [0.717, 1.165) is 25.4 Å². The average Bonchev–Trinajstić information content (AvgIpc) is 2.47. The summed E-state index contributed by atoms with van der Waals surface area (Å²) in [6.07, 6.45) is 5.20. The fourth-order valence-electron chi connectivity index (χ4n) is 3.03. The molecular weight excluding hydrogens is 226 g/mol. The number of aromatic nitrogens is 1. The van der Waals surface area contributed by atoms with E-state index in [1.54, 1.807) is 6.07 Å². The molecule has 2 atom stereocenters. The zero-order valence-electron chi connectivity index (χ0n) is 10.4. The van der Waals surface area contributed by atoms with Crippen LogP contribution in [0.25, 0.3) is 0 Å². The number of ether oxygens (including phenoxy) is 1. The van der Waals surface area contributed by atoms with Gasteiger partial charge in [-0.25, -0.2) is 4.98 Å². The third kappa shape index (κ3) is 2.06. The van der Waals surface area contributed by atoms with Gasteiger partial charge < -0.3 is 9.64 Å². The summed E-state index contributed by atoms with van der Waals surface area (Å²) < 4.78 is 5.86. The normalized spacial score (nSPS) is 27.4. The van der Waals surface area contributed by atoms with Crippen LogP contribution in [0.5, 0.6) is 0 Å². The molecule has 0 radical (unpaired) electrons. The van der Waals surface area contributed by atoms with Crippen molar-refractivity contribution in [3.05, 3.63) is 23.9 Å². The summed E-state index contributed by atoms with van der Waals surface area (Å²) in [5, 5.41) is 8.94. The lowest BCUT2D eigenvalue weighted by molar-refractivity contribution is -0.00899. The average molecular weight is 243 g/mol. The van der Waals surface area contributed by atoms with Crippen molar-refractivity contribution in [2.45, 2.75) is 37.8 Å². The molecule has 18 heavy (non-hydrogen) atoms. The zero-order chi connectivity index (χ0) is 12.4. The van der Waals surface area contributed by atoms with Crippen LogP contribution in [-0.2, 0) is 4.74 Å². The van der Waals surface area contributed by atoms with Crippen LogP contribution >= 0.6 is 0 Å². The van der Waals surface area contributed by atoms with E-state index in [0.29, 0.717) is 17.8 Å². The minimum absolute atomic E-state index is 0.347. The first-order valence-electron chi connectivity index (χ1n) is 6.64. The maximum absolute atomic E-state index is 8.94. The molecule has 0 amide bonds. The largest absolute Gasteiger partial charge is 0.374 e. The van der Waals surface area contributed by atoms with E-state index in [1.807, 2.05) is 12.1 Å². The van der Waals surface area contributed by atoms with Crippen LogP contribution in [-0.4, -0.2) is 30.3 Å². The van der Waals surface area contributed by atoms with E-state index in [2.05, 4.69) is 16.0 Å². The van der Waals surface area contributed by atoms with Gasteiger partial charge in [-0.1, -0.05) is 18.9 Å². The molecule has 0 aromatic carbocycles. The Morgan fingerprint density at radius 2 is 2.22 bits per heavy atom. The van der Waals surface area contributed by atoms with Crippen molar-refractivity contribution in [1.29, 1.82) is 5.26 Å². The summed E-state index contributed by atoms with van der Waals surface area (Å²) >= 11 is 0. The molecule has 94 valence electrons. The first kappa shape index (κ1) is 11.5. The van der Waals surface area contributed by atoms with Gasteiger partial charge in [0.05, 0.1) is 18.8 Å². The van der Waals surface area contributed by atoms with Gasteiger partial charge in [0, 0.05) is 6.54 Å². The Balaban J connectivity index is 1.87. The highest BCUT2D eigenvalue weighted by molar-refractivity contribution is 5.43. The van der Waals surface area contributed by atoms with Gasteiger partial charge in [0.25, 0.3) is 0 Å². The van der Waals surface area contributed by atoms with E-state index in [1.165, 1.54) is 19.3 Å². The summed E-state index contributed by atoms with van der Waals surface area (Å²) in [6, 6.07) is 8.21. The summed E-state index contributed by atoms with van der Waals surface area (Å²) in [7, 11) is 0. The molecule has 2 unspecified atom stereocenters. The number of pyridine rings is 1. The molecule has 1 aromatic heterocycles.